The first-order valence-corrected chi connectivity index (χ1v) is 6.36. The Balaban J connectivity index is 2.20. The van der Waals surface area contributed by atoms with Crippen molar-refractivity contribution < 1.29 is 19.0 Å². The van der Waals surface area contributed by atoms with Crippen LogP contribution in [0.3, 0.4) is 0 Å². The third kappa shape index (κ3) is 2.88. The Kier molecular flexibility index (Phi) is 4.39. The van der Waals surface area contributed by atoms with Crippen LogP contribution in [0.2, 0.25) is 0 Å². The fourth-order valence-electron chi connectivity index (χ4n) is 2.37. The molecule has 2 rings (SSSR count). The molecule has 19 heavy (non-hydrogen) atoms. The quantitative estimate of drug-likeness (QED) is 0.810. The van der Waals surface area contributed by atoms with E-state index in [-0.39, 0.29) is 18.8 Å². The molecule has 2 N–H and O–H groups in total. The standard InChI is InChI=1S/C14H19NO4/c1-3-18-11-6-4-5-9-7-10(15)14(13(9)11)19-8-12(16)17-2/h4-6,10,14H,3,7-8,15H2,1-2H3. The SMILES string of the molecule is CCOc1cccc2c1C(OCC(=O)OC)C(N)C2. The number of esters is 1. The Morgan fingerprint density at radius 1 is 1.47 bits per heavy atom. The van der Waals surface area contributed by atoms with Crippen molar-refractivity contribution in [2.75, 3.05) is 20.3 Å². The third-order valence-corrected chi connectivity index (χ3v) is 3.19. The van der Waals surface area contributed by atoms with Gasteiger partial charge < -0.3 is 19.9 Å². The van der Waals surface area contributed by atoms with E-state index < -0.39 is 5.97 Å². The zero-order valence-electron chi connectivity index (χ0n) is 11.2. The van der Waals surface area contributed by atoms with Crippen LogP contribution >= 0.6 is 0 Å². The van der Waals surface area contributed by atoms with Gasteiger partial charge in [-0.1, -0.05) is 12.1 Å². The number of fused-ring (bicyclic) bond motifs is 1. The van der Waals surface area contributed by atoms with Gasteiger partial charge in [0.2, 0.25) is 0 Å². The summed E-state index contributed by atoms with van der Waals surface area (Å²) in [6.45, 7) is 2.41. The molecule has 1 aliphatic carbocycles. The summed E-state index contributed by atoms with van der Waals surface area (Å²) in [6, 6.07) is 5.69. The number of hydrogen-bond acceptors (Lipinski definition) is 5. The van der Waals surface area contributed by atoms with Crippen molar-refractivity contribution in [3.8, 4) is 5.75 Å². The van der Waals surface area contributed by atoms with Crippen molar-refractivity contribution in [3.63, 3.8) is 0 Å². The summed E-state index contributed by atoms with van der Waals surface area (Å²) in [4.78, 5) is 11.2. The normalized spacial score (nSPS) is 21.0. The van der Waals surface area contributed by atoms with Gasteiger partial charge in [0.1, 0.15) is 18.5 Å². The summed E-state index contributed by atoms with van der Waals surface area (Å²) in [7, 11) is 1.33. The topological polar surface area (TPSA) is 70.8 Å². The highest BCUT2D eigenvalue weighted by molar-refractivity contribution is 5.70. The second-order valence-corrected chi connectivity index (χ2v) is 4.44. The first-order chi connectivity index (χ1) is 9.17. The van der Waals surface area contributed by atoms with E-state index in [0.29, 0.717) is 6.61 Å². The second-order valence-electron chi connectivity index (χ2n) is 4.44. The van der Waals surface area contributed by atoms with Crippen LogP contribution in [-0.2, 0) is 20.7 Å². The summed E-state index contributed by atoms with van der Waals surface area (Å²) in [5, 5.41) is 0. The molecule has 0 radical (unpaired) electrons. The van der Waals surface area contributed by atoms with Crippen LogP contribution < -0.4 is 10.5 Å². The molecule has 104 valence electrons. The number of rotatable bonds is 5. The molecule has 5 nitrogen and oxygen atoms in total. The van der Waals surface area contributed by atoms with E-state index in [4.69, 9.17) is 15.2 Å². The van der Waals surface area contributed by atoms with Gasteiger partial charge in [-0.15, -0.1) is 0 Å². The molecule has 0 fully saturated rings. The van der Waals surface area contributed by atoms with Crippen LogP contribution in [0.1, 0.15) is 24.2 Å². The Morgan fingerprint density at radius 3 is 2.95 bits per heavy atom. The number of benzene rings is 1. The Bertz CT molecular complexity index is 461. The van der Waals surface area contributed by atoms with E-state index in [1.54, 1.807) is 0 Å². The van der Waals surface area contributed by atoms with Crippen molar-refractivity contribution in [2.45, 2.75) is 25.5 Å². The fourth-order valence-corrected chi connectivity index (χ4v) is 2.37. The van der Waals surface area contributed by atoms with Gasteiger partial charge in [-0.25, -0.2) is 4.79 Å². The lowest BCUT2D eigenvalue weighted by Gasteiger charge is -2.19. The smallest absolute Gasteiger partial charge is 0.331 e. The number of carbonyl (C=O) groups is 1. The van der Waals surface area contributed by atoms with E-state index >= 15 is 0 Å². The van der Waals surface area contributed by atoms with Crippen molar-refractivity contribution in [1.29, 1.82) is 0 Å². The zero-order chi connectivity index (χ0) is 13.8. The maximum Gasteiger partial charge on any atom is 0.331 e. The molecule has 0 saturated heterocycles. The first-order valence-electron chi connectivity index (χ1n) is 6.36. The molecule has 0 saturated carbocycles. The summed E-state index contributed by atoms with van der Waals surface area (Å²) in [5.41, 5.74) is 8.17. The Labute approximate surface area is 112 Å². The number of methoxy groups -OCH3 is 1. The van der Waals surface area contributed by atoms with Crippen LogP contribution in [0.25, 0.3) is 0 Å². The van der Waals surface area contributed by atoms with Gasteiger partial charge in [0.15, 0.2) is 0 Å². The van der Waals surface area contributed by atoms with Crippen molar-refractivity contribution in [2.24, 2.45) is 5.73 Å². The minimum Gasteiger partial charge on any atom is -0.493 e. The molecule has 1 aliphatic rings. The van der Waals surface area contributed by atoms with Gasteiger partial charge in [-0.2, -0.15) is 0 Å². The molecule has 0 bridgehead atoms. The molecule has 1 aromatic carbocycles. The van der Waals surface area contributed by atoms with Gasteiger partial charge in [0, 0.05) is 11.6 Å². The molecule has 0 spiro atoms. The highest BCUT2D eigenvalue weighted by Gasteiger charge is 2.34. The lowest BCUT2D eigenvalue weighted by molar-refractivity contribution is -0.148. The third-order valence-electron chi connectivity index (χ3n) is 3.19. The lowest BCUT2D eigenvalue weighted by Crippen LogP contribution is -2.28. The molecule has 0 heterocycles. The lowest BCUT2D eigenvalue weighted by atomic mass is 10.1. The van der Waals surface area contributed by atoms with Crippen molar-refractivity contribution in [1.82, 2.24) is 0 Å². The number of hydrogen-bond donors (Lipinski definition) is 1. The van der Waals surface area contributed by atoms with Crippen LogP contribution in [0.4, 0.5) is 0 Å². The average molecular weight is 265 g/mol. The molecule has 2 unspecified atom stereocenters. The monoisotopic (exact) mass is 265 g/mol. The highest BCUT2D eigenvalue weighted by atomic mass is 16.6. The summed E-state index contributed by atoms with van der Waals surface area (Å²) in [5.74, 6) is 0.373. The zero-order valence-corrected chi connectivity index (χ0v) is 11.2. The maximum atomic E-state index is 11.2. The summed E-state index contributed by atoms with van der Waals surface area (Å²) < 4.78 is 15.8. The summed E-state index contributed by atoms with van der Waals surface area (Å²) >= 11 is 0. The molecule has 0 aromatic heterocycles. The number of carbonyl (C=O) groups excluding carboxylic acids is 1. The molecule has 1 aromatic rings. The average Bonchev–Trinajstić information content (AvgIpc) is 2.73. The van der Waals surface area contributed by atoms with Gasteiger partial charge in [-0.05, 0) is 25.0 Å². The van der Waals surface area contributed by atoms with Crippen LogP contribution in [0.15, 0.2) is 18.2 Å². The molecular formula is C14H19NO4. The van der Waals surface area contributed by atoms with Crippen LogP contribution in [0.5, 0.6) is 5.75 Å². The minimum atomic E-state index is -0.408. The molecule has 5 heteroatoms. The number of ether oxygens (including phenoxy) is 3. The van der Waals surface area contributed by atoms with Crippen LogP contribution in [-0.4, -0.2) is 32.3 Å². The largest absolute Gasteiger partial charge is 0.493 e. The molecule has 0 aliphatic heterocycles. The molecule has 2 atom stereocenters. The van der Waals surface area contributed by atoms with E-state index in [0.717, 1.165) is 23.3 Å². The van der Waals surface area contributed by atoms with Gasteiger partial charge >= 0.3 is 5.97 Å². The predicted octanol–water partition coefficient (Wildman–Crippen LogP) is 1.20. The first kappa shape index (κ1) is 13.8. The van der Waals surface area contributed by atoms with Gasteiger partial charge in [0.25, 0.3) is 0 Å². The summed E-state index contributed by atoms with van der Waals surface area (Å²) in [6.07, 6.45) is 0.402. The van der Waals surface area contributed by atoms with Crippen LogP contribution in [0, 0.1) is 0 Å². The fraction of sp³-hybridized carbons (Fsp3) is 0.500. The highest BCUT2D eigenvalue weighted by Crippen LogP contribution is 2.39. The molecular weight excluding hydrogens is 246 g/mol. The minimum absolute atomic E-state index is 0.102. The maximum absolute atomic E-state index is 11.2. The Hall–Kier alpha value is -1.59. The molecule has 0 amide bonds. The van der Waals surface area contributed by atoms with Gasteiger partial charge in [0.05, 0.1) is 13.7 Å². The van der Waals surface area contributed by atoms with Crippen molar-refractivity contribution in [3.05, 3.63) is 29.3 Å². The van der Waals surface area contributed by atoms with E-state index in [1.807, 2.05) is 25.1 Å². The van der Waals surface area contributed by atoms with E-state index in [2.05, 4.69) is 4.74 Å². The van der Waals surface area contributed by atoms with E-state index in [1.165, 1.54) is 7.11 Å². The Morgan fingerprint density at radius 2 is 2.26 bits per heavy atom. The van der Waals surface area contributed by atoms with E-state index in [9.17, 15) is 4.79 Å². The number of nitrogens with two attached hydrogens (primary N) is 1. The van der Waals surface area contributed by atoms with Crippen molar-refractivity contribution >= 4 is 5.97 Å². The predicted molar refractivity (Wildman–Crippen MR) is 70.0 cm³/mol. The van der Waals surface area contributed by atoms with Gasteiger partial charge in [-0.3, -0.25) is 0 Å². The second kappa shape index (κ2) is 6.04.